The van der Waals surface area contributed by atoms with Crippen LogP contribution >= 0.6 is 11.6 Å². The van der Waals surface area contributed by atoms with Crippen LogP contribution in [0.1, 0.15) is 42.5 Å². The molecule has 1 saturated heterocycles. The molecule has 3 unspecified atom stereocenters. The second-order valence-corrected chi connectivity index (χ2v) is 6.30. The van der Waals surface area contributed by atoms with Gasteiger partial charge in [-0.1, -0.05) is 36.6 Å². The van der Waals surface area contributed by atoms with Crippen molar-refractivity contribution in [3.63, 3.8) is 0 Å². The van der Waals surface area contributed by atoms with Gasteiger partial charge in [0.15, 0.2) is 0 Å². The number of carbonyl (C=O) groups excluding carboxylic acids is 1. The number of halogens is 1. The summed E-state index contributed by atoms with van der Waals surface area (Å²) in [6.45, 7) is 0. The highest BCUT2D eigenvalue weighted by Gasteiger charge is 2.47. The van der Waals surface area contributed by atoms with Crippen molar-refractivity contribution in [2.45, 2.75) is 44.2 Å². The Morgan fingerprint density at radius 3 is 2.62 bits per heavy atom. The van der Waals surface area contributed by atoms with Crippen molar-refractivity contribution in [1.82, 2.24) is 4.90 Å². The van der Waals surface area contributed by atoms with Crippen LogP contribution in [0.2, 0.25) is 5.02 Å². The maximum absolute atomic E-state index is 12.8. The number of likely N-dealkylation sites (tertiary alicyclic amines) is 1. The number of rotatable bonds is 2. The maximum Gasteiger partial charge on any atom is 0.326 e. The molecule has 1 aromatic rings. The molecule has 112 valence electrons. The third-order valence-corrected chi connectivity index (χ3v) is 5.04. The fourth-order valence-electron chi connectivity index (χ4n) is 3.75. The van der Waals surface area contributed by atoms with E-state index in [9.17, 15) is 14.7 Å². The van der Waals surface area contributed by atoms with Crippen LogP contribution in [0.4, 0.5) is 0 Å². The van der Waals surface area contributed by atoms with E-state index in [0.717, 1.165) is 25.7 Å². The van der Waals surface area contributed by atoms with Crippen LogP contribution < -0.4 is 0 Å². The minimum Gasteiger partial charge on any atom is -0.480 e. The second-order valence-electron chi connectivity index (χ2n) is 5.89. The molecule has 1 N–H and O–H groups in total. The molecule has 0 aromatic heterocycles. The number of carboxylic acid groups (broad SMARTS) is 1. The molecule has 2 fully saturated rings. The number of hydrogen-bond donors (Lipinski definition) is 1. The summed E-state index contributed by atoms with van der Waals surface area (Å²) in [5.74, 6) is -0.849. The van der Waals surface area contributed by atoms with Crippen molar-refractivity contribution in [2.24, 2.45) is 5.92 Å². The first kappa shape index (κ1) is 14.4. The van der Waals surface area contributed by atoms with Gasteiger partial charge in [-0.2, -0.15) is 0 Å². The Kier molecular flexibility index (Phi) is 3.89. The summed E-state index contributed by atoms with van der Waals surface area (Å²) in [7, 11) is 0. The molecule has 0 bridgehead atoms. The minimum atomic E-state index is -0.912. The van der Waals surface area contributed by atoms with Gasteiger partial charge in [0.25, 0.3) is 5.91 Å². The normalized spacial score (nSPS) is 28.2. The molecule has 0 radical (unpaired) electrons. The van der Waals surface area contributed by atoms with Crippen LogP contribution in [0.5, 0.6) is 0 Å². The van der Waals surface area contributed by atoms with E-state index in [2.05, 4.69) is 0 Å². The Hall–Kier alpha value is -1.55. The van der Waals surface area contributed by atoms with Crippen LogP contribution in [-0.4, -0.2) is 34.0 Å². The lowest BCUT2D eigenvalue weighted by Gasteiger charge is -2.33. The van der Waals surface area contributed by atoms with Crippen molar-refractivity contribution in [3.8, 4) is 0 Å². The lowest BCUT2D eigenvalue weighted by atomic mass is 9.84. The van der Waals surface area contributed by atoms with E-state index in [0.29, 0.717) is 22.9 Å². The molecule has 21 heavy (non-hydrogen) atoms. The summed E-state index contributed by atoms with van der Waals surface area (Å²) >= 11 is 6.11. The summed E-state index contributed by atoms with van der Waals surface area (Å²) < 4.78 is 0. The van der Waals surface area contributed by atoms with E-state index in [1.807, 2.05) is 0 Å². The van der Waals surface area contributed by atoms with Crippen LogP contribution in [0, 0.1) is 5.92 Å². The largest absolute Gasteiger partial charge is 0.480 e. The predicted octanol–water partition coefficient (Wildman–Crippen LogP) is 3.20. The van der Waals surface area contributed by atoms with Gasteiger partial charge in [0.1, 0.15) is 6.04 Å². The molecular formula is C16H18ClNO3. The molecule has 1 amide bonds. The highest BCUT2D eigenvalue weighted by atomic mass is 35.5. The summed E-state index contributed by atoms with van der Waals surface area (Å²) in [5.41, 5.74) is 0.400. The second kappa shape index (κ2) is 5.68. The fourth-order valence-corrected chi connectivity index (χ4v) is 3.96. The molecular weight excluding hydrogens is 290 g/mol. The Labute approximate surface area is 128 Å². The Morgan fingerprint density at radius 1 is 1.19 bits per heavy atom. The highest BCUT2D eigenvalue weighted by Crippen LogP contribution is 2.40. The van der Waals surface area contributed by atoms with Crippen LogP contribution in [0.25, 0.3) is 0 Å². The van der Waals surface area contributed by atoms with Gasteiger partial charge in [0, 0.05) is 6.04 Å². The van der Waals surface area contributed by atoms with Gasteiger partial charge in [-0.15, -0.1) is 0 Å². The van der Waals surface area contributed by atoms with E-state index >= 15 is 0 Å². The van der Waals surface area contributed by atoms with Gasteiger partial charge in [0.2, 0.25) is 0 Å². The molecule has 3 atom stereocenters. The van der Waals surface area contributed by atoms with Gasteiger partial charge >= 0.3 is 5.97 Å². The predicted molar refractivity (Wildman–Crippen MR) is 79.4 cm³/mol. The number of hydrogen-bond acceptors (Lipinski definition) is 2. The first-order valence-electron chi connectivity index (χ1n) is 7.39. The molecule has 2 aliphatic rings. The fraction of sp³-hybridized carbons (Fsp3) is 0.500. The van der Waals surface area contributed by atoms with Crippen molar-refractivity contribution in [3.05, 3.63) is 34.9 Å². The number of fused-ring (bicyclic) bond motifs is 1. The van der Waals surface area contributed by atoms with Crippen molar-refractivity contribution < 1.29 is 14.7 Å². The first-order chi connectivity index (χ1) is 10.1. The van der Waals surface area contributed by atoms with E-state index in [1.54, 1.807) is 29.2 Å². The summed E-state index contributed by atoms with van der Waals surface area (Å²) in [6, 6.07) is 6.17. The number of carboxylic acids is 1. The third kappa shape index (κ3) is 2.53. The van der Waals surface area contributed by atoms with Crippen molar-refractivity contribution in [1.29, 1.82) is 0 Å². The third-order valence-electron chi connectivity index (χ3n) is 4.71. The van der Waals surface area contributed by atoms with E-state index in [1.165, 1.54) is 0 Å². The SMILES string of the molecule is O=C(O)C1CC2CCCCC2N1C(=O)c1ccccc1Cl. The summed E-state index contributed by atoms with van der Waals surface area (Å²) in [4.78, 5) is 25.9. The van der Waals surface area contributed by atoms with Crippen LogP contribution in [0.15, 0.2) is 24.3 Å². The number of carbonyl (C=O) groups is 2. The zero-order valence-corrected chi connectivity index (χ0v) is 12.4. The van der Waals surface area contributed by atoms with Gasteiger partial charge in [-0.25, -0.2) is 4.79 Å². The maximum atomic E-state index is 12.8. The molecule has 1 saturated carbocycles. The molecule has 1 aromatic carbocycles. The Bertz CT molecular complexity index is 574. The van der Waals surface area contributed by atoms with Gasteiger partial charge < -0.3 is 10.0 Å². The smallest absolute Gasteiger partial charge is 0.326 e. The lowest BCUT2D eigenvalue weighted by molar-refractivity contribution is -0.141. The van der Waals surface area contributed by atoms with Gasteiger partial charge in [-0.3, -0.25) is 4.79 Å². The first-order valence-corrected chi connectivity index (χ1v) is 7.77. The van der Waals surface area contributed by atoms with Crippen LogP contribution in [-0.2, 0) is 4.79 Å². The van der Waals surface area contributed by atoms with Gasteiger partial charge in [0.05, 0.1) is 10.6 Å². The Morgan fingerprint density at radius 2 is 1.90 bits per heavy atom. The van der Waals surface area contributed by atoms with E-state index in [4.69, 9.17) is 11.6 Å². The lowest BCUT2D eigenvalue weighted by Crippen LogP contribution is -2.46. The van der Waals surface area contributed by atoms with Crippen molar-refractivity contribution in [2.75, 3.05) is 0 Å². The summed E-state index contributed by atoms with van der Waals surface area (Å²) in [5, 5.41) is 9.85. The summed E-state index contributed by atoms with van der Waals surface area (Å²) in [6.07, 6.45) is 4.66. The molecule has 4 nitrogen and oxygen atoms in total. The average Bonchev–Trinajstić information content (AvgIpc) is 2.86. The van der Waals surface area contributed by atoms with Crippen molar-refractivity contribution >= 4 is 23.5 Å². The van der Waals surface area contributed by atoms with Crippen LogP contribution in [0.3, 0.4) is 0 Å². The van der Waals surface area contributed by atoms with Gasteiger partial charge in [-0.05, 0) is 37.3 Å². The Balaban J connectivity index is 1.95. The van der Waals surface area contributed by atoms with E-state index < -0.39 is 12.0 Å². The quantitative estimate of drug-likeness (QED) is 0.913. The molecule has 1 aliphatic heterocycles. The van der Waals surface area contributed by atoms with E-state index in [-0.39, 0.29) is 11.9 Å². The highest BCUT2D eigenvalue weighted by molar-refractivity contribution is 6.33. The molecule has 3 rings (SSSR count). The molecule has 1 aliphatic carbocycles. The molecule has 5 heteroatoms. The number of benzene rings is 1. The standard InChI is InChI=1S/C16H18ClNO3/c17-12-7-3-2-6-11(12)15(19)18-13-8-4-1-5-10(13)9-14(18)16(20)21/h2-3,6-7,10,13-14H,1,4-5,8-9H2,(H,20,21). The average molecular weight is 308 g/mol. The minimum absolute atomic E-state index is 0.0450. The zero-order valence-electron chi connectivity index (χ0n) is 11.7. The number of nitrogens with zero attached hydrogens (tertiary/aromatic N) is 1. The number of amides is 1. The molecule has 1 heterocycles. The zero-order chi connectivity index (χ0) is 15.0. The monoisotopic (exact) mass is 307 g/mol. The molecule has 0 spiro atoms. The topological polar surface area (TPSA) is 57.6 Å². The number of aliphatic carboxylic acids is 1.